The van der Waals surface area contributed by atoms with Crippen molar-refractivity contribution in [3.05, 3.63) is 132 Å². The van der Waals surface area contributed by atoms with Crippen LogP contribution in [0.2, 0.25) is 5.02 Å². The van der Waals surface area contributed by atoms with Gasteiger partial charge in [0.15, 0.2) is 0 Å². The molecule has 186 valence electrons. The molecule has 0 spiro atoms. The number of rotatable bonds is 7. The van der Waals surface area contributed by atoms with Gasteiger partial charge in [0.2, 0.25) is 5.91 Å². The fraction of sp³-hybridized carbons (Fsp3) is 0.138. The number of thiophene rings is 1. The van der Waals surface area contributed by atoms with Crippen molar-refractivity contribution in [2.75, 3.05) is 0 Å². The van der Waals surface area contributed by atoms with Gasteiger partial charge in [0.1, 0.15) is 4.70 Å². The van der Waals surface area contributed by atoms with Crippen molar-refractivity contribution in [1.82, 2.24) is 14.5 Å². The van der Waals surface area contributed by atoms with Crippen molar-refractivity contribution >= 4 is 39.1 Å². The average Bonchev–Trinajstić information content (AvgIpc) is 3.38. The van der Waals surface area contributed by atoms with Gasteiger partial charge in [-0.05, 0) is 59.3 Å². The summed E-state index contributed by atoms with van der Waals surface area (Å²) < 4.78 is 3.27. The van der Waals surface area contributed by atoms with Gasteiger partial charge in [-0.2, -0.15) is 0 Å². The maximum Gasteiger partial charge on any atom is 0.336 e. The highest BCUT2D eigenvalue weighted by atomic mass is 35.5. The summed E-state index contributed by atoms with van der Waals surface area (Å²) in [6, 6.07) is 24.1. The molecule has 0 atom stereocenters. The van der Waals surface area contributed by atoms with Crippen molar-refractivity contribution in [1.29, 1.82) is 0 Å². The van der Waals surface area contributed by atoms with E-state index >= 15 is 0 Å². The predicted molar refractivity (Wildman–Crippen MR) is 149 cm³/mol. The third kappa shape index (κ3) is 5.43. The Balaban J connectivity index is 1.39. The van der Waals surface area contributed by atoms with Crippen LogP contribution in [-0.4, -0.2) is 15.0 Å². The van der Waals surface area contributed by atoms with Crippen LogP contribution in [0.5, 0.6) is 0 Å². The number of halogens is 1. The summed E-state index contributed by atoms with van der Waals surface area (Å²) in [4.78, 5) is 39.2. The lowest BCUT2D eigenvalue weighted by atomic mass is 10.1. The standard InChI is InChI=1S/C29H24ClN3O3S/c1-19-5-7-21(8-6-19)17-31-26(34)16-20-9-11-24(12-10-20)33-28(35)27-25(13-14-37-27)32(29(33)36)18-22-3-2-4-23(30)15-22/h2-15H,16-18H2,1H3,(H,31,34). The molecule has 8 heteroatoms. The van der Waals surface area contributed by atoms with Crippen LogP contribution in [0.15, 0.2) is 93.8 Å². The molecule has 0 aliphatic heterocycles. The molecule has 0 fully saturated rings. The first-order valence-corrected chi connectivity index (χ1v) is 13.0. The van der Waals surface area contributed by atoms with E-state index in [1.807, 2.05) is 48.7 Å². The fourth-order valence-corrected chi connectivity index (χ4v) is 5.24. The van der Waals surface area contributed by atoms with Crippen molar-refractivity contribution in [2.45, 2.75) is 26.4 Å². The van der Waals surface area contributed by atoms with E-state index in [1.165, 1.54) is 21.5 Å². The summed E-state index contributed by atoms with van der Waals surface area (Å²) >= 11 is 7.44. The molecule has 0 aliphatic rings. The highest BCUT2D eigenvalue weighted by Crippen LogP contribution is 2.19. The lowest BCUT2D eigenvalue weighted by Gasteiger charge is -2.13. The van der Waals surface area contributed by atoms with Gasteiger partial charge >= 0.3 is 5.69 Å². The maximum absolute atomic E-state index is 13.5. The van der Waals surface area contributed by atoms with Crippen molar-refractivity contribution in [2.24, 2.45) is 0 Å². The largest absolute Gasteiger partial charge is 0.352 e. The number of fused-ring (bicyclic) bond motifs is 1. The Morgan fingerprint density at radius 3 is 2.38 bits per heavy atom. The van der Waals surface area contributed by atoms with Crippen LogP contribution < -0.4 is 16.6 Å². The number of hydrogen-bond acceptors (Lipinski definition) is 4. The smallest absolute Gasteiger partial charge is 0.336 e. The van der Waals surface area contributed by atoms with Crippen molar-refractivity contribution in [3.63, 3.8) is 0 Å². The molecule has 2 aromatic heterocycles. The molecule has 1 N–H and O–H groups in total. The molecular weight excluding hydrogens is 506 g/mol. The van der Waals surface area contributed by atoms with Gasteiger partial charge in [0, 0.05) is 11.6 Å². The minimum atomic E-state index is -0.431. The minimum Gasteiger partial charge on any atom is -0.352 e. The Morgan fingerprint density at radius 2 is 1.65 bits per heavy atom. The fourth-order valence-electron chi connectivity index (χ4n) is 4.20. The van der Waals surface area contributed by atoms with Crippen LogP contribution in [0.4, 0.5) is 0 Å². The minimum absolute atomic E-state index is 0.102. The normalized spacial score (nSPS) is 11.1. The molecule has 1 amide bonds. The first-order valence-electron chi connectivity index (χ1n) is 11.8. The second-order valence-corrected chi connectivity index (χ2v) is 10.2. The Hall–Kier alpha value is -3.94. The Bertz CT molecular complexity index is 1700. The summed E-state index contributed by atoms with van der Waals surface area (Å²) in [5, 5.41) is 5.32. The first-order chi connectivity index (χ1) is 17.9. The monoisotopic (exact) mass is 529 g/mol. The van der Waals surface area contributed by atoms with Crippen LogP contribution in [0, 0.1) is 6.92 Å². The van der Waals surface area contributed by atoms with Gasteiger partial charge < -0.3 is 5.32 Å². The molecule has 5 aromatic rings. The molecule has 3 aromatic carbocycles. The highest BCUT2D eigenvalue weighted by Gasteiger charge is 2.16. The van der Waals surface area contributed by atoms with Crippen molar-refractivity contribution in [3.8, 4) is 5.69 Å². The second-order valence-electron chi connectivity index (χ2n) is 8.88. The quantitative estimate of drug-likeness (QED) is 0.319. The van der Waals surface area contributed by atoms with E-state index < -0.39 is 5.69 Å². The van der Waals surface area contributed by atoms with Crippen LogP contribution in [0.1, 0.15) is 22.3 Å². The van der Waals surface area contributed by atoms with E-state index in [9.17, 15) is 14.4 Å². The summed E-state index contributed by atoms with van der Waals surface area (Å²) in [6.45, 7) is 2.76. The molecule has 2 heterocycles. The van der Waals surface area contributed by atoms with Gasteiger partial charge in [0.25, 0.3) is 5.56 Å². The average molecular weight is 530 g/mol. The van der Waals surface area contributed by atoms with Gasteiger partial charge in [-0.3, -0.25) is 14.2 Å². The number of carbonyl (C=O) groups is 1. The van der Waals surface area contributed by atoms with E-state index in [1.54, 1.807) is 47.0 Å². The Kier molecular flexibility index (Phi) is 7.08. The van der Waals surface area contributed by atoms with Gasteiger partial charge in [-0.25, -0.2) is 9.36 Å². The number of aryl methyl sites for hydroxylation is 1. The number of nitrogens with zero attached hydrogens (tertiary/aromatic N) is 2. The van der Waals surface area contributed by atoms with Gasteiger partial charge in [0.05, 0.1) is 24.2 Å². The number of aromatic nitrogens is 2. The van der Waals surface area contributed by atoms with E-state index in [4.69, 9.17) is 11.6 Å². The molecule has 0 bridgehead atoms. The predicted octanol–water partition coefficient (Wildman–Crippen LogP) is 5.08. The number of benzene rings is 3. The summed E-state index contributed by atoms with van der Waals surface area (Å²) in [5.41, 5.74) is 4.11. The zero-order chi connectivity index (χ0) is 25.9. The number of nitrogens with one attached hydrogen (secondary N) is 1. The molecular formula is C29H24ClN3O3S. The zero-order valence-electron chi connectivity index (χ0n) is 20.1. The summed E-state index contributed by atoms with van der Waals surface area (Å²) in [6.07, 6.45) is 0.198. The molecule has 6 nitrogen and oxygen atoms in total. The first kappa shape index (κ1) is 24.7. The number of carbonyl (C=O) groups excluding carboxylic acids is 1. The van der Waals surface area contributed by atoms with E-state index in [2.05, 4.69) is 5.32 Å². The molecule has 0 radical (unpaired) electrons. The molecule has 0 unspecified atom stereocenters. The lowest BCUT2D eigenvalue weighted by molar-refractivity contribution is -0.120. The Labute approximate surface area is 222 Å². The third-order valence-electron chi connectivity index (χ3n) is 6.15. The van der Waals surface area contributed by atoms with Gasteiger partial charge in [-0.1, -0.05) is 65.7 Å². The topological polar surface area (TPSA) is 73.1 Å². The molecule has 0 saturated heterocycles. The summed E-state index contributed by atoms with van der Waals surface area (Å²) in [5.74, 6) is -0.102. The van der Waals surface area contributed by atoms with Crippen LogP contribution in [0.3, 0.4) is 0 Å². The molecule has 37 heavy (non-hydrogen) atoms. The van der Waals surface area contributed by atoms with Gasteiger partial charge in [-0.15, -0.1) is 11.3 Å². The number of hydrogen-bond donors (Lipinski definition) is 1. The highest BCUT2D eigenvalue weighted by molar-refractivity contribution is 7.17. The molecule has 0 saturated carbocycles. The Morgan fingerprint density at radius 1 is 0.919 bits per heavy atom. The number of amides is 1. The van der Waals surface area contributed by atoms with Crippen LogP contribution in [0.25, 0.3) is 15.9 Å². The SMILES string of the molecule is Cc1ccc(CNC(=O)Cc2ccc(-n3c(=O)c4sccc4n(Cc4cccc(Cl)c4)c3=O)cc2)cc1. The maximum atomic E-state index is 13.5. The zero-order valence-corrected chi connectivity index (χ0v) is 21.7. The molecule has 0 aliphatic carbocycles. The van der Waals surface area contributed by atoms with Crippen LogP contribution in [-0.2, 0) is 24.3 Å². The van der Waals surface area contributed by atoms with Crippen LogP contribution >= 0.6 is 22.9 Å². The lowest BCUT2D eigenvalue weighted by Crippen LogP contribution is -2.38. The van der Waals surface area contributed by atoms with E-state index in [0.717, 1.165) is 16.7 Å². The third-order valence-corrected chi connectivity index (χ3v) is 7.28. The van der Waals surface area contributed by atoms with E-state index in [0.29, 0.717) is 27.5 Å². The summed E-state index contributed by atoms with van der Waals surface area (Å²) in [7, 11) is 0. The van der Waals surface area contributed by atoms with Crippen molar-refractivity contribution < 1.29 is 4.79 Å². The second kappa shape index (κ2) is 10.6. The van der Waals surface area contributed by atoms with E-state index in [-0.39, 0.29) is 24.4 Å². The molecule has 5 rings (SSSR count).